The van der Waals surface area contributed by atoms with Crippen LogP contribution in [0.2, 0.25) is 0 Å². The summed E-state index contributed by atoms with van der Waals surface area (Å²) >= 11 is 5.93. The molecule has 0 bridgehead atoms. The van der Waals surface area contributed by atoms with Gasteiger partial charge in [-0.05, 0) is 25.0 Å². The second-order valence-electron chi connectivity index (χ2n) is 5.14. The first kappa shape index (κ1) is 14.4. The zero-order chi connectivity index (χ0) is 13.8. The minimum Gasteiger partial charge on any atom is -0.325 e. The molecule has 0 aliphatic heterocycles. The first-order valence-corrected chi connectivity index (χ1v) is 7.78. The van der Waals surface area contributed by atoms with E-state index in [-0.39, 0.29) is 0 Å². The molecule has 0 fully saturated rings. The van der Waals surface area contributed by atoms with Gasteiger partial charge in [-0.25, -0.2) is 4.98 Å². The van der Waals surface area contributed by atoms with E-state index in [0.29, 0.717) is 17.8 Å². The maximum absolute atomic E-state index is 5.93. The van der Waals surface area contributed by atoms with Crippen LogP contribution in [0.3, 0.4) is 0 Å². The van der Waals surface area contributed by atoms with E-state index in [2.05, 4.69) is 43.5 Å². The number of hydrogen-bond acceptors (Lipinski definition) is 1. The van der Waals surface area contributed by atoms with Crippen molar-refractivity contribution in [3.8, 4) is 0 Å². The van der Waals surface area contributed by atoms with Crippen LogP contribution in [0.1, 0.15) is 45.5 Å². The highest BCUT2D eigenvalue weighted by Crippen LogP contribution is 2.29. The van der Waals surface area contributed by atoms with Crippen molar-refractivity contribution < 1.29 is 0 Å². The Morgan fingerprint density at radius 2 is 1.89 bits per heavy atom. The molecule has 3 heteroatoms. The van der Waals surface area contributed by atoms with Gasteiger partial charge in [0.05, 0.1) is 11.0 Å². The van der Waals surface area contributed by atoms with Crippen LogP contribution in [0.4, 0.5) is 0 Å². The average Bonchev–Trinajstić information content (AvgIpc) is 2.78. The lowest BCUT2D eigenvalue weighted by Crippen LogP contribution is -2.18. The number of hydrogen-bond donors (Lipinski definition) is 0. The number of halogens is 1. The lowest BCUT2D eigenvalue weighted by Gasteiger charge is -2.25. The second kappa shape index (κ2) is 6.42. The van der Waals surface area contributed by atoms with Gasteiger partial charge in [-0.3, -0.25) is 0 Å². The van der Waals surface area contributed by atoms with E-state index in [4.69, 9.17) is 16.6 Å². The fourth-order valence-electron chi connectivity index (χ4n) is 2.99. The number of imidazole rings is 1. The van der Waals surface area contributed by atoms with Crippen molar-refractivity contribution in [2.24, 2.45) is 5.92 Å². The first-order chi connectivity index (χ1) is 9.22. The highest BCUT2D eigenvalue weighted by Gasteiger charge is 2.20. The summed E-state index contributed by atoms with van der Waals surface area (Å²) in [6.45, 7) is 6.85. The smallest absolute Gasteiger partial charge is 0.111 e. The van der Waals surface area contributed by atoms with Gasteiger partial charge in [0.15, 0.2) is 0 Å². The van der Waals surface area contributed by atoms with Crippen LogP contribution in [0, 0.1) is 5.92 Å². The summed E-state index contributed by atoms with van der Waals surface area (Å²) < 4.78 is 2.40. The van der Waals surface area contributed by atoms with Crippen molar-refractivity contribution in [1.29, 1.82) is 0 Å². The lowest BCUT2D eigenvalue weighted by molar-refractivity contribution is 0.333. The second-order valence-corrected chi connectivity index (χ2v) is 5.52. The van der Waals surface area contributed by atoms with Gasteiger partial charge in [0, 0.05) is 18.3 Å². The molecule has 0 aliphatic rings. The quantitative estimate of drug-likeness (QED) is 0.693. The normalized spacial score (nSPS) is 13.3. The average molecular weight is 279 g/mol. The summed E-state index contributed by atoms with van der Waals surface area (Å²) in [7, 11) is 0. The number of aryl methyl sites for hydroxylation is 1. The Morgan fingerprint density at radius 1 is 1.21 bits per heavy atom. The minimum absolute atomic E-state index is 0.473. The minimum atomic E-state index is 0.473. The molecule has 2 nitrogen and oxygen atoms in total. The summed E-state index contributed by atoms with van der Waals surface area (Å²) in [5, 5.41) is 0. The molecule has 0 aliphatic carbocycles. The third kappa shape index (κ3) is 2.79. The predicted molar refractivity (Wildman–Crippen MR) is 82.9 cm³/mol. The third-order valence-corrected chi connectivity index (χ3v) is 4.31. The molecular weight excluding hydrogens is 256 g/mol. The number of benzene rings is 1. The predicted octanol–water partition coefficient (Wildman–Crippen LogP) is 4.81. The van der Waals surface area contributed by atoms with Crippen LogP contribution >= 0.6 is 11.6 Å². The lowest BCUT2D eigenvalue weighted by atomic mass is 9.95. The molecule has 1 heterocycles. The van der Waals surface area contributed by atoms with Crippen LogP contribution in [0.25, 0.3) is 11.0 Å². The Morgan fingerprint density at radius 3 is 2.53 bits per heavy atom. The Balaban J connectivity index is 2.52. The SMILES string of the molecule is CCC(CC)C(C)n1c(CCCl)nc2ccccc21. The van der Waals surface area contributed by atoms with Crippen LogP contribution in [-0.4, -0.2) is 15.4 Å². The van der Waals surface area contributed by atoms with Crippen molar-refractivity contribution in [2.45, 2.75) is 46.1 Å². The number of aromatic nitrogens is 2. The largest absolute Gasteiger partial charge is 0.325 e. The van der Waals surface area contributed by atoms with Gasteiger partial charge in [-0.1, -0.05) is 38.8 Å². The summed E-state index contributed by atoms with van der Waals surface area (Å²) in [4.78, 5) is 4.75. The molecule has 2 aromatic rings. The van der Waals surface area contributed by atoms with Gasteiger partial charge in [0.25, 0.3) is 0 Å². The van der Waals surface area contributed by atoms with Crippen molar-refractivity contribution in [2.75, 3.05) is 5.88 Å². The Kier molecular flexibility index (Phi) is 4.87. The summed E-state index contributed by atoms with van der Waals surface area (Å²) in [6, 6.07) is 8.86. The molecule has 0 amide bonds. The van der Waals surface area contributed by atoms with Gasteiger partial charge in [0.1, 0.15) is 5.82 Å². The van der Waals surface area contributed by atoms with Crippen molar-refractivity contribution >= 4 is 22.6 Å². The summed E-state index contributed by atoms with van der Waals surface area (Å²) in [5.41, 5.74) is 2.32. The Labute approximate surface area is 120 Å². The molecular formula is C16H23ClN2. The standard InChI is InChI=1S/C16H23ClN2/c1-4-13(5-2)12(3)19-15-9-7-6-8-14(15)18-16(19)10-11-17/h6-9,12-13H,4-5,10-11H2,1-3H3. The van der Waals surface area contributed by atoms with E-state index in [9.17, 15) is 0 Å². The molecule has 19 heavy (non-hydrogen) atoms. The summed E-state index contributed by atoms with van der Waals surface area (Å²) in [5.74, 6) is 2.43. The van der Waals surface area contributed by atoms with E-state index in [1.807, 2.05) is 6.07 Å². The van der Waals surface area contributed by atoms with E-state index < -0.39 is 0 Å². The molecule has 0 spiro atoms. The molecule has 1 atom stereocenters. The Bertz CT molecular complexity index is 529. The summed E-state index contributed by atoms with van der Waals surface area (Å²) in [6.07, 6.45) is 3.23. The van der Waals surface area contributed by atoms with E-state index in [1.54, 1.807) is 0 Å². The van der Waals surface area contributed by atoms with Gasteiger partial charge in [-0.2, -0.15) is 0 Å². The zero-order valence-corrected chi connectivity index (χ0v) is 12.8. The molecule has 0 saturated heterocycles. The number of rotatable bonds is 6. The van der Waals surface area contributed by atoms with E-state index >= 15 is 0 Å². The van der Waals surface area contributed by atoms with Gasteiger partial charge >= 0.3 is 0 Å². The molecule has 104 valence electrons. The third-order valence-electron chi connectivity index (χ3n) is 4.13. The van der Waals surface area contributed by atoms with Crippen LogP contribution in [-0.2, 0) is 6.42 Å². The fourth-order valence-corrected chi connectivity index (χ4v) is 3.16. The van der Waals surface area contributed by atoms with E-state index in [1.165, 1.54) is 18.4 Å². The van der Waals surface area contributed by atoms with Crippen molar-refractivity contribution in [3.63, 3.8) is 0 Å². The number of fused-ring (bicyclic) bond motifs is 1. The zero-order valence-electron chi connectivity index (χ0n) is 12.1. The molecule has 0 radical (unpaired) electrons. The molecule has 1 aromatic heterocycles. The van der Waals surface area contributed by atoms with Crippen LogP contribution < -0.4 is 0 Å². The highest BCUT2D eigenvalue weighted by molar-refractivity contribution is 6.17. The molecule has 1 aromatic carbocycles. The molecule has 1 unspecified atom stereocenters. The monoisotopic (exact) mass is 278 g/mol. The molecule has 0 N–H and O–H groups in total. The van der Waals surface area contributed by atoms with Gasteiger partial charge in [0.2, 0.25) is 0 Å². The van der Waals surface area contributed by atoms with Gasteiger partial charge < -0.3 is 4.57 Å². The van der Waals surface area contributed by atoms with Crippen molar-refractivity contribution in [3.05, 3.63) is 30.1 Å². The topological polar surface area (TPSA) is 17.8 Å². The van der Waals surface area contributed by atoms with E-state index in [0.717, 1.165) is 17.8 Å². The maximum Gasteiger partial charge on any atom is 0.111 e. The Hall–Kier alpha value is -1.02. The van der Waals surface area contributed by atoms with Gasteiger partial charge in [-0.15, -0.1) is 11.6 Å². The number of alkyl halides is 1. The maximum atomic E-state index is 5.93. The fraction of sp³-hybridized carbons (Fsp3) is 0.562. The van der Waals surface area contributed by atoms with Crippen molar-refractivity contribution in [1.82, 2.24) is 9.55 Å². The van der Waals surface area contributed by atoms with Crippen LogP contribution in [0.15, 0.2) is 24.3 Å². The number of para-hydroxylation sites is 2. The number of nitrogens with zero attached hydrogens (tertiary/aromatic N) is 2. The van der Waals surface area contributed by atoms with Crippen LogP contribution in [0.5, 0.6) is 0 Å². The molecule has 2 rings (SSSR count). The molecule has 0 saturated carbocycles. The first-order valence-electron chi connectivity index (χ1n) is 7.24. The highest BCUT2D eigenvalue weighted by atomic mass is 35.5.